The van der Waals surface area contributed by atoms with Gasteiger partial charge in [0.1, 0.15) is 11.4 Å². The van der Waals surface area contributed by atoms with Gasteiger partial charge in [-0.15, -0.1) is 0 Å². The number of rotatable bonds is 3. The predicted octanol–water partition coefficient (Wildman–Crippen LogP) is 2.69. The minimum atomic E-state index is -1.14. The molecule has 1 aromatic rings. The van der Waals surface area contributed by atoms with Crippen molar-refractivity contribution in [2.75, 3.05) is 7.05 Å². The number of nitrogens with zero attached hydrogens (tertiary/aromatic N) is 1. The minimum Gasteiger partial charge on any atom is -0.479 e. The Bertz CT molecular complexity index is 506. The van der Waals surface area contributed by atoms with Crippen molar-refractivity contribution in [3.05, 3.63) is 35.6 Å². The smallest absolute Gasteiger partial charge is 0.329 e. The number of hydrogen-bond acceptors (Lipinski definition) is 2. The van der Waals surface area contributed by atoms with Crippen LogP contribution in [0.2, 0.25) is 0 Å². The third-order valence-electron chi connectivity index (χ3n) is 4.12. The number of carbonyl (C=O) groups excluding carboxylic acids is 1. The van der Waals surface area contributed by atoms with Crippen LogP contribution in [0.25, 0.3) is 0 Å². The van der Waals surface area contributed by atoms with E-state index in [-0.39, 0.29) is 5.91 Å². The lowest BCUT2D eigenvalue weighted by atomic mass is 9.80. The maximum atomic E-state index is 12.9. The second-order valence-electron chi connectivity index (χ2n) is 5.27. The first kappa shape index (κ1) is 14.5. The van der Waals surface area contributed by atoms with Crippen LogP contribution in [0.5, 0.6) is 0 Å². The topological polar surface area (TPSA) is 57.6 Å². The summed E-state index contributed by atoms with van der Waals surface area (Å²) in [5.74, 6) is -1.76. The number of benzene rings is 1. The molecular formula is C15H18FNO3. The molecule has 0 atom stereocenters. The van der Waals surface area contributed by atoms with Gasteiger partial charge in [0, 0.05) is 12.6 Å². The van der Waals surface area contributed by atoms with E-state index in [0.29, 0.717) is 18.4 Å². The molecule has 0 spiro atoms. The molecule has 1 aromatic carbocycles. The Labute approximate surface area is 117 Å². The molecule has 5 heteroatoms. The second kappa shape index (κ2) is 5.61. The maximum absolute atomic E-state index is 12.9. The molecule has 0 unspecified atom stereocenters. The van der Waals surface area contributed by atoms with Crippen LogP contribution in [-0.4, -0.2) is 34.5 Å². The van der Waals surface area contributed by atoms with E-state index in [1.807, 2.05) is 0 Å². The van der Waals surface area contributed by atoms with Crippen molar-refractivity contribution in [2.24, 2.45) is 0 Å². The van der Waals surface area contributed by atoms with Crippen molar-refractivity contribution in [1.29, 1.82) is 0 Å². The summed E-state index contributed by atoms with van der Waals surface area (Å²) in [4.78, 5) is 25.4. The zero-order valence-electron chi connectivity index (χ0n) is 11.4. The van der Waals surface area contributed by atoms with Gasteiger partial charge in [0.05, 0.1) is 0 Å². The number of amides is 1. The summed E-state index contributed by atoms with van der Waals surface area (Å²) in [5, 5.41) is 9.55. The molecular weight excluding hydrogens is 261 g/mol. The summed E-state index contributed by atoms with van der Waals surface area (Å²) in [6.07, 6.45) is 3.52. The number of aliphatic carboxylic acids is 1. The van der Waals surface area contributed by atoms with E-state index in [2.05, 4.69) is 0 Å². The Morgan fingerprint density at radius 2 is 1.70 bits per heavy atom. The highest BCUT2D eigenvalue weighted by Gasteiger charge is 2.45. The molecule has 0 saturated heterocycles. The van der Waals surface area contributed by atoms with Crippen LogP contribution >= 0.6 is 0 Å². The maximum Gasteiger partial charge on any atom is 0.329 e. The minimum absolute atomic E-state index is 0.306. The summed E-state index contributed by atoms with van der Waals surface area (Å²) in [6, 6.07) is 5.17. The summed E-state index contributed by atoms with van der Waals surface area (Å²) in [6.45, 7) is 0. The van der Waals surface area contributed by atoms with Gasteiger partial charge < -0.3 is 10.0 Å². The number of hydrogen-bond donors (Lipinski definition) is 1. The van der Waals surface area contributed by atoms with E-state index >= 15 is 0 Å². The van der Waals surface area contributed by atoms with Crippen molar-refractivity contribution < 1.29 is 19.1 Å². The fourth-order valence-electron chi connectivity index (χ4n) is 2.81. The average Bonchev–Trinajstić information content (AvgIpc) is 2.47. The van der Waals surface area contributed by atoms with Gasteiger partial charge in [-0.2, -0.15) is 0 Å². The zero-order chi connectivity index (χ0) is 14.8. The highest BCUT2D eigenvalue weighted by molar-refractivity contribution is 5.97. The van der Waals surface area contributed by atoms with Gasteiger partial charge in [0.2, 0.25) is 0 Å². The molecule has 0 heterocycles. The quantitative estimate of drug-likeness (QED) is 0.925. The molecule has 1 amide bonds. The Hall–Kier alpha value is -1.91. The average molecular weight is 279 g/mol. The van der Waals surface area contributed by atoms with E-state index in [0.717, 1.165) is 19.3 Å². The van der Waals surface area contributed by atoms with Crippen molar-refractivity contribution in [2.45, 2.75) is 37.6 Å². The molecule has 0 aliphatic heterocycles. The molecule has 0 aromatic heterocycles. The standard InChI is InChI=1S/C15H18FNO3/c1-17(13(18)11-5-7-12(16)8-6-11)15(14(19)20)9-3-2-4-10-15/h5-8H,2-4,9-10H2,1H3,(H,19,20). The Balaban J connectivity index is 2.27. The molecule has 1 saturated carbocycles. The highest BCUT2D eigenvalue weighted by atomic mass is 19.1. The number of carboxylic acid groups (broad SMARTS) is 1. The molecule has 4 nitrogen and oxygen atoms in total. The number of carboxylic acids is 1. The van der Waals surface area contributed by atoms with Crippen LogP contribution in [-0.2, 0) is 4.79 Å². The molecule has 1 aliphatic rings. The molecule has 1 fully saturated rings. The monoisotopic (exact) mass is 279 g/mol. The molecule has 1 N–H and O–H groups in total. The van der Waals surface area contributed by atoms with Crippen LogP contribution in [0, 0.1) is 5.82 Å². The molecule has 1 aliphatic carbocycles. The van der Waals surface area contributed by atoms with Gasteiger partial charge in [-0.1, -0.05) is 19.3 Å². The fraction of sp³-hybridized carbons (Fsp3) is 0.467. The first-order chi connectivity index (χ1) is 9.47. The summed E-state index contributed by atoms with van der Waals surface area (Å²) in [5.41, 5.74) is -0.830. The normalized spacial score (nSPS) is 17.5. The first-order valence-corrected chi connectivity index (χ1v) is 6.74. The molecule has 108 valence electrons. The fourth-order valence-corrected chi connectivity index (χ4v) is 2.81. The van der Waals surface area contributed by atoms with Gasteiger partial charge in [-0.25, -0.2) is 9.18 Å². The van der Waals surface area contributed by atoms with E-state index in [1.165, 1.54) is 36.2 Å². The van der Waals surface area contributed by atoms with Crippen molar-refractivity contribution in [3.63, 3.8) is 0 Å². The van der Waals surface area contributed by atoms with Gasteiger partial charge in [-0.05, 0) is 37.1 Å². The third kappa shape index (κ3) is 2.53. The lowest BCUT2D eigenvalue weighted by Crippen LogP contribution is -2.56. The van der Waals surface area contributed by atoms with Gasteiger partial charge >= 0.3 is 5.97 Å². The first-order valence-electron chi connectivity index (χ1n) is 6.74. The van der Waals surface area contributed by atoms with Crippen LogP contribution in [0.3, 0.4) is 0 Å². The largest absolute Gasteiger partial charge is 0.479 e. The van der Waals surface area contributed by atoms with E-state index in [4.69, 9.17) is 0 Å². The van der Waals surface area contributed by atoms with Crippen LogP contribution in [0.15, 0.2) is 24.3 Å². The van der Waals surface area contributed by atoms with E-state index in [9.17, 15) is 19.1 Å². The number of halogens is 1. The Morgan fingerprint density at radius 3 is 2.20 bits per heavy atom. The molecule has 2 rings (SSSR count). The lowest BCUT2D eigenvalue weighted by molar-refractivity contribution is -0.151. The van der Waals surface area contributed by atoms with E-state index < -0.39 is 17.3 Å². The second-order valence-corrected chi connectivity index (χ2v) is 5.27. The van der Waals surface area contributed by atoms with Gasteiger partial charge in [-0.3, -0.25) is 4.79 Å². The Kier molecular flexibility index (Phi) is 4.06. The van der Waals surface area contributed by atoms with Crippen molar-refractivity contribution >= 4 is 11.9 Å². The molecule has 20 heavy (non-hydrogen) atoms. The SMILES string of the molecule is CN(C(=O)c1ccc(F)cc1)C1(C(=O)O)CCCCC1. The molecule has 0 bridgehead atoms. The number of likely N-dealkylation sites (N-methyl/N-ethyl adjacent to an activating group) is 1. The summed E-state index contributed by atoms with van der Waals surface area (Å²) in [7, 11) is 1.52. The third-order valence-corrected chi connectivity index (χ3v) is 4.12. The van der Waals surface area contributed by atoms with Crippen molar-refractivity contribution in [3.8, 4) is 0 Å². The van der Waals surface area contributed by atoms with Crippen molar-refractivity contribution in [1.82, 2.24) is 4.90 Å². The zero-order valence-corrected chi connectivity index (χ0v) is 11.4. The number of carbonyl (C=O) groups is 2. The summed E-state index contributed by atoms with van der Waals surface area (Å²) >= 11 is 0. The van der Waals surface area contributed by atoms with Gasteiger partial charge in [0.15, 0.2) is 0 Å². The predicted molar refractivity (Wildman–Crippen MR) is 71.9 cm³/mol. The van der Waals surface area contributed by atoms with Crippen LogP contribution in [0.1, 0.15) is 42.5 Å². The van der Waals surface area contributed by atoms with Crippen LogP contribution in [0.4, 0.5) is 4.39 Å². The summed E-state index contributed by atoms with van der Waals surface area (Å²) < 4.78 is 12.9. The van der Waals surface area contributed by atoms with E-state index in [1.54, 1.807) is 0 Å². The highest BCUT2D eigenvalue weighted by Crippen LogP contribution is 2.34. The lowest BCUT2D eigenvalue weighted by Gasteiger charge is -2.41. The van der Waals surface area contributed by atoms with Gasteiger partial charge in [0.25, 0.3) is 5.91 Å². The Morgan fingerprint density at radius 1 is 1.15 bits per heavy atom. The van der Waals surface area contributed by atoms with Crippen LogP contribution < -0.4 is 0 Å². The molecule has 0 radical (unpaired) electrons.